The van der Waals surface area contributed by atoms with Crippen molar-refractivity contribution in [1.82, 2.24) is 20.1 Å². The molecule has 2 fully saturated rings. The van der Waals surface area contributed by atoms with Crippen molar-refractivity contribution < 1.29 is 18.4 Å². The number of pyridine rings is 1. The van der Waals surface area contributed by atoms with Crippen LogP contribution in [-0.4, -0.2) is 32.7 Å². The third-order valence-corrected chi connectivity index (χ3v) is 8.06. The number of nitrogens with zero attached hydrogens (tertiary/aromatic N) is 4. The summed E-state index contributed by atoms with van der Waals surface area (Å²) in [6.07, 6.45) is 3.56. The van der Waals surface area contributed by atoms with Crippen LogP contribution in [0.25, 0.3) is 21.9 Å². The van der Waals surface area contributed by atoms with Gasteiger partial charge in [0.15, 0.2) is 0 Å². The largest absolute Gasteiger partial charge is 0.334 e. The summed E-state index contributed by atoms with van der Waals surface area (Å²) in [5.41, 5.74) is 1.95. The van der Waals surface area contributed by atoms with E-state index in [2.05, 4.69) is 15.4 Å². The van der Waals surface area contributed by atoms with E-state index < -0.39 is 24.4 Å². The standard InChI is InChI=1S/C28H24ClF2N5O2/c1-35-25(26(30)31)20(13-33-35)18-7-4-8-21(29)24(18)15-9-10-19-22(11-15)34-28(38)36(27(19)37)23-14-32-12-16-5-2-3-6-17(16)23/h2-8,12-15,19,22,26H,9-11H2,1H3,(H,34,38). The molecule has 4 aromatic rings. The zero-order chi connectivity index (χ0) is 26.6. The number of fused-ring (bicyclic) bond motifs is 2. The molecule has 2 aromatic carbocycles. The summed E-state index contributed by atoms with van der Waals surface area (Å²) in [4.78, 5) is 32.4. The van der Waals surface area contributed by atoms with Crippen molar-refractivity contribution in [3.05, 3.63) is 77.3 Å². The highest BCUT2D eigenvalue weighted by molar-refractivity contribution is 6.32. The second kappa shape index (κ2) is 9.47. The summed E-state index contributed by atoms with van der Waals surface area (Å²) >= 11 is 6.66. The lowest BCUT2D eigenvalue weighted by Crippen LogP contribution is -2.61. The van der Waals surface area contributed by atoms with Gasteiger partial charge in [0.25, 0.3) is 6.43 Å². The number of aromatic nitrogens is 3. The first kappa shape index (κ1) is 24.5. The molecule has 194 valence electrons. The van der Waals surface area contributed by atoms with Gasteiger partial charge in [-0.05, 0) is 42.4 Å². The van der Waals surface area contributed by atoms with Gasteiger partial charge in [-0.25, -0.2) is 18.5 Å². The predicted octanol–water partition coefficient (Wildman–Crippen LogP) is 6.24. The number of anilines is 1. The molecular weight excluding hydrogens is 512 g/mol. The van der Waals surface area contributed by atoms with Crippen LogP contribution in [0.15, 0.2) is 61.1 Å². The highest BCUT2D eigenvalue weighted by atomic mass is 35.5. The van der Waals surface area contributed by atoms with Crippen LogP contribution in [0.5, 0.6) is 0 Å². The number of hydrogen-bond acceptors (Lipinski definition) is 4. The molecule has 10 heteroatoms. The second-order valence-corrected chi connectivity index (χ2v) is 10.2. The number of urea groups is 1. The van der Waals surface area contributed by atoms with Crippen molar-refractivity contribution in [1.29, 1.82) is 0 Å². The monoisotopic (exact) mass is 535 g/mol. The SMILES string of the molecule is Cn1ncc(-c2cccc(Cl)c2C2CCC3C(=O)N(c4cncc5ccccc45)C(=O)NC3C2)c1C(F)F. The zero-order valence-corrected chi connectivity index (χ0v) is 21.2. The van der Waals surface area contributed by atoms with Gasteiger partial charge >= 0.3 is 6.03 Å². The van der Waals surface area contributed by atoms with Gasteiger partial charge in [0.1, 0.15) is 5.69 Å². The van der Waals surface area contributed by atoms with Gasteiger partial charge in [-0.2, -0.15) is 5.10 Å². The lowest BCUT2D eigenvalue weighted by atomic mass is 9.72. The Bertz CT molecular complexity index is 1570. The summed E-state index contributed by atoms with van der Waals surface area (Å²) in [5.74, 6) is -0.810. The number of benzene rings is 2. The van der Waals surface area contributed by atoms with Gasteiger partial charge in [0, 0.05) is 40.6 Å². The topological polar surface area (TPSA) is 80.1 Å². The highest BCUT2D eigenvalue weighted by Gasteiger charge is 2.46. The van der Waals surface area contributed by atoms with Crippen molar-refractivity contribution in [3.8, 4) is 11.1 Å². The van der Waals surface area contributed by atoms with E-state index >= 15 is 0 Å². The van der Waals surface area contributed by atoms with Crippen LogP contribution in [0, 0.1) is 5.92 Å². The quantitative estimate of drug-likeness (QED) is 0.336. The number of halogens is 3. The number of hydrogen-bond donors (Lipinski definition) is 1. The van der Waals surface area contributed by atoms with Gasteiger partial charge in [0.05, 0.1) is 24.0 Å². The smallest absolute Gasteiger partial charge is 0.329 e. The van der Waals surface area contributed by atoms with Gasteiger partial charge in [0.2, 0.25) is 5.91 Å². The fourth-order valence-electron chi connectivity index (χ4n) is 5.98. The van der Waals surface area contributed by atoms with Crippen molar-refractivity contribution in [3.63, 3.8) is 0 Å². The van der Waals surface area contributed by atoms with Crippen LogP contribution < -0.4 is 10.2 Å². The molecule has 0 spiro atoms. The first-order valence-corrected chi connectivity index (χ1v) is 12.8. The summed E-state index contributed by atoms with van der Waals surface area (Å²) in [7, 11) is 1.49. The van der Waals surface area contributed by atoms with Crippen LogP contribution in [0.2, 0.25) is 5.02 Å². The molecular formula is C28H24ClF2N5O2. The number of amides is 3. The molecule has 7 nitrogen and oxygen atoms in total. The minimum Gasteiger partial charge on any atom is -0.334 e. The van der Waals surface area contributed by atoms with Crippen LogP contribution in [0.1, 0.15) is 42.9 Å². The summed E-state index contributed by atoms with van der Waals surface area (Å²) in [6, 6.07) is 11.8. The lowest BCUT2D eigenvalue weighted by Gasteiger charge is -2.43. The Morgan fingerprint density at radius 2 is 1.84 bits per heavy atom. The molecule has 3 amide bonds. The number of rotatable bonds is 4. The van der Waals surface area contributed by atoms with Crippen LogP contribution in [0.4, 0.5) is 19.3 Å². The molecule has 1 aliphatic heterocycles. The number of alkyl halides is 2. The number of carbonyl (C=O) groups excluding carboxylic acids is 2. The van der Waals surface area contributed by atoms with E-state index in [0.717, 1.165) is 16.3 Å². The fourth-order valence-corrected chi connectivity index (χ4v) is 6.31. The average Bonchev–Trinajstić information content (AvgIpc) is 3.30. The maximum atomic E-state index is 13.9. The Labute approximate surface area is 222 Å². The molecule has 1 saturated carbocycles. The molecule has 0 bridgehead atoms. The van der Waals surface area contributed by atoms with Gasteiger partial charge in [-0.15, -0.1) is 0 Å². The van der Waals surface area contributed by atoms with E-state index in [1.165, 1.54) is 29.0 Å². The zero-order valence-electron chi connectivity index (χ0n) is 20.4. The lowest BCUT2D eigenvalue weighted by molar-refractivity contribution is -0.124. The first-order valence-electron chi connectivity index (χ1n) is 12.4. The Morgan fingerprint density at radius 3 is 2.66 bits per heavy atom. The molecule has 3 unspecified atom stereocenters. The van der Waals surface area contributed by atoms with Crippen LogP contribution in [-0.2, 0) is 11.8 Å². The van der Waals surface area contributed by atoms with Gasteiger partial charge in [-0.1, -0.05) is 48.0 Å². The maximum absolute atomic E-state index is 13.9. The van der Waals surface area contributed by atoms with Crippen molar-refractivity contribution in [2.45, 2.75) is 37.6 Å². The highest BCUT2D eigenvalue weighted by Crippen LogP contribution is 2.46. The molecule has 1 saturated heterocycles. The van der Waals surface area contributed by atoms with Crippen LogP contribution in [0.3, 0.4) is 0 Å². The first-order chi connectivity index (χ1) is 18.3. The number of carbonyl (C=O) groups is 2. The fraction of sp³-hybridized carbons (Fsp3) is 0.286. The molecule has 38 heavy (non-hydrogen) atoms. The van der Waals surface area contributed by atoms with E-state index in [1.807, 2.05) is 24.3 Å². The maximum Gasteiger partial charge on any atom is 0.329 e. The molecule has 3 heterocycles. The third kappa shape index (κ3) is 3.93. The minimum absolute atomic E-state index is 0.135. The molecule has 3 atom stereocenters. The van der Waals surface area contributed by atoms with Crippen molar-refractivity contribution in [2.24, 2.45) is 13.0 Å². The average molecular weight is 536 g/mol. The molecule has 6 rings (SSSR count). The van der Waals surface area contributed by atoms with Gasteiger partial charge in [-0.3, -0.25) is 14.5 Å². The molecule has 1 N–H and O–H groups in total. The van der Waals surface area contributed by atoms with Gasteiger partial charge < -0.3 is 5.32 Å². The Kier molecular flexibility index (Phi) is 6.10. The predicted molar refractivity (Wildman–Crippen MR) is 140 cm³/mol. The summed E-state index contributed by atoms with van der Waals surface area (Å²) in [6.45, 7) is 0. The van der Waals surface area contributed by atoms with E-state index in [9.17, 15) is 18.4 Å². The minimum atomic E-state index is -2.70. The number of aryl methyl sites for hydroxylation is 1. The van der Waals surface area contributed by atoms with E-state index in [1.54, 1.807) is 24.4 Å². The Balaban J connectivity index is 1.32. The number of nitrogens with one attached hydrogen (secondary N) is 1. The molecule has 2 aromatic heterocycles. The van der Waals surface area contributed by atoms with E-state index in [4.69, 9.17) is 11.6 Å². The molecule has 1 aliphatic carbocycles. The molecule has 2 aliphatic rings. The van der Waals surface area contributed by atoms with E-state index in [-0.39, 0.29) is 17.5 Å². The second-order valence-electron chi connectivity index (χ2n) is 9.79. The van der Waals surface area contributed by atoms with Crippen molar-refractivity contribution >= 4 is 40.0 Å². The summed E-state index contributed by atoms with van der Waals surface area (Å²) in [5, 5.41) is 9.16. The van der Waals surface area contributed by atoms with Crippen LogP contribution >= 0.6 is 11.6 Å². The Morgan fingerprint density at radius 1 is 1.03 bits per heavy atom. The number of imide groups is 1. The normalized spacial score (nSPS) is 21.6. The Hall–Kier alpha value is -3.85. The van der Waals surface area contributed by atoms with E-state index in [0.29, 0.717) is 41.1 Å². The molecule has 0 radical (unpaired) electrons. The third-order valence-electron chi connectivity index (χ3n) is 7.73. The summed E-state index contributed by atoms with van der Waals surface area (Å²) < 4.78 is 28.9. The van der Waals surface area contributed by atoms with Crippen molar-refractivity contribution in [2.75, 3.05) is 4.90 Å².